The molecule has 0 aliphatic rings. The van der Waals surface area contributed by atoms with Gasteiger partial charge in [-0.3, -0.25) is 9.52 Å². The molecule has 1 aromatic carbocycles. The molecule has 118 valence electrons. The number of aryl methyl sites for hydroxylation is 1. The summed E-state index contributed by atoms with van der Waals surface area (Å²) in [5, 5.41) is 4.99. The van der Waals surface area contributed by atoms with Crippen LogP contribution in [0, 0.1) is 6.92 Å². The number of nitrogens with one attached hydrogen (secondary N) is 1. The van der Waals surface area contributed by atoms with Crippen molar-refractivity contribution in [1.29, 1.82) is 0 Å². The third-order valence-corrected chi connectivity index (χ3v) is 4.79. The number of benzene rings is 1. The summed E-state index contributed by atoms with van der Waals surface area (Å²) in [6, 6.07) is 3.83. The molecule has 0 atom stereocenters. The van der Waals surface area contributed by atoms with Crippen LogP contribution in [0.5, 0.6) is 0 Å². The van der Waals surface area contributed by atoms with Crippen LogP contribution >= 0.6 is 0 Å². The molecule has 0 spiro atoms. The van der Waals surface area contributed by atoms with Gasteiger partial charge in [0.15, 0.2) is 0 Å². The van der Waals surface area contributed by atoms with Crippen molar-refractivity contribution in [3.63, 3.8) is 0 Å². The lowest BCUT2D eigenvalue weighted by molar-refractivity contribution is -0.140. The summed E-state index contributed by atoms with van der Waals surface area (Å²) in [5.41, 5.74) is 0.607. The minimum atomic E-state index is -3.94. The number of esters is 1. The lowest BCUT2D eigenvalue weighted by Gasteiger charge is -2.11. The number of hydrogen-bond acceptors (Lipinski definition) is 6. The molecule has 21 heavy (non-hydrogen) atoms. The maximum atomic E-state index is 11.8. The molecule has 10 heteroatoms. The van der Waals surface area contributed by atoms with Crippen molar-refractivity contribution in [3.8, 4) is 0 Å². The first-order valence-corrected chi connectivity index (χ1v) is 8.96. The Balaban J connectivity index is 2.99. The predicted molar refractivity (Wildman–Crippen MR) is 76.6 cm³/mol. The summed E-state index contributed by atoms with van der Waals surface area (Å²) >= 11 is 0. The van der Waals surface area contributed by atoms with E-state index in [0.29, 0.717) is 5.56 Å². The first-order valence-electron chi connectivity index (χ1n) is 5.76. The molecule has 0 aliphatic heterocycles. The van der Waals surface area contributed by atoms with E-state index in [9.17, 15) is 21.6 Å². The number of methoxy groups -OCH3 is 1. The van der Waals surface area contributed by atoms with Gasteiger partial charge in [-0.15, -0.1) is 0 Å². The number of nitrogens with two attached hydrogens (primary N) is 1. The van der Waals surface area contributed by atoms with Crippen molar-refractivity contribution < 1.29 is 26.4 Å². The third kappa shape index (κ3) is 5.33. The van der Waals surface area contributed by atoms with E-state index >= 15 is 0 Å². The Morgan fingerprint density at radius 3 is 2.43 bits per heavy atom. The highest BCUT2D eigenvalue weighted by atomic mass is 32.2. The number of carbonyl (C=O) groups is 1. The maximum absolute atomic E-state index is 11.8. The monoisotopic (exact) mass is 336 g/mol. The zero-order chi connectivity index (χ0) is 16.3. The van der Waals surface area contributed by atoms with Crippen LogP contribution in [0.4, 0.5) is 5.69 Å². The van der Waals surface area contributed by atoms with Gasteiger partial charge in [0.2, 0.25) is 20.0 Å². The molecule has 0 aromatic heterocycles. The van der Waals surface area contributed by atoms with Crippen molar-refractivity contribution in [2.45, 2.75) is 18.2 Å². The summed E-state index contributed by atoms with van der Waals surface area (Å²) in [5.74, 6) is -1.13. The van der Waals surface area contributed by atoms with Crippen LogP contribution < -0.4 is 9.86 Å². The molecular formula is C11H16N2O6S2. The third-order valence-electron chi connectivity index (χ3n) is 2.61. The number of ether oxygens (including phenoxy) is 1. The first kappa shape index (κ1) is 17.4. The molecule has 0 saturated heterocycles. The fourth-order valence-electron chi connectivity index (χ4n) is 1.43. The van der Waals surface area contributed by atoms with Gasteiger partial charge in [-0.05, 0) is 24.6 Å². The molecule has 0 saturated carbocycles. The lowest BCUT2D eigenvalue weighted by Crippen LogP contribution is -2.20. The molecule has 0 radical (unpaired) electrons. The quantitative estimate of drug-likeness (QED) is 0.700. The number of carbonyl (C=O) groups excluding carboxylic acids is 1. The predicted octanol–water partition coefficient (Wildman–Crippen LogP) is -0.0528. The molecule has 0 amide bonds. The van der Waals surface area contributed by atoms with Gasteiger partial charge in [-0.25, -0.2) is 22.0 Å². The zero-order valence-corrected chi connectivity index (χ0v) is 13.1. The molecular weight excluding hydrogens is 320 g/mol. The van der Waals surface area contributed by atoms with Gasteiger partial charge in [-0.2, -0.15) is 0 Å². The van der Waals surface area contributed by atoms with E-state index in [1.165, 1.54) is 12.1 Å². The Hall–Kier alpha value is -1.65. The van der Waals surface area contributed by atoms with E-state index in [2.05, 4.69) is 9.46 Å². The number of hydrogen-bond donors (Lipinski definition) is 2. The highest BCUT2D eigenvalue weighted by molar-refractivity contribution is 7.92. The molecule has 0 unspecified atom stereocenters. The molecule has 0 aliphatic carbocycles. The lowest BCUT2D eigenvalue weighted by atomic mass is 10.2. The van der Waals surface area contributed by atoms with Gasteiger partial charge in [0, 0.05) is 0 Å². The SMILES string of the molecule is COC(=O)CCS(=O)(=O)Nc1cc(S(N)(=O)=O)ccc1C. The van der Waals surface area contributed by atoms with Gasteiger partial charge in [0.1, 0.15) is 0 Å². The smallest absolute Gasteiger partial charge is 0.306 e. The summed E-state index contributed by atoms with van der Waals surface area (Å²) in [6.07, 6.45) is -0.306. The van der Waals surface area contributed by atoms with Crippen LogP contribution in [0.1, 0.15) is 12.0 Å². The highest BCUT2D eigenvalue weighted by Crippen LogP contribution is 2.20. The highest BCUT2D eigenvalue weighted by Gasteiger charge is 2.17. The Morgan fingerprint density at radius 1 is 1.29 bits per heavy atom. The Labute approximate surface area is 123 Å². The zero-order valence-electron chi connectivity index (χ0n) is 11.5. The largest absolute Gasteiger partial charge is 0.469 e. The van der Waals surface area contributed by atoms with E-state index in [0.717, 1.165) is 13.2 Å². The van der Waals surface area contributed by atoms with E-state index in [1.54, 1.807) is 6.92 Å². The summed E-state index contributed by atoms with van der Waals surface area (Å²) in [4.78, 5) is 10.7. The maximum Gasteiger partial charge on any atom is 0.306 e. The Kier molecular flexibility index (Phi) is 5.31. The number of anilines is 1. The molecule has 1 aromatic rings. The van der Waals surface area contributed by atoms with Gasteiger partial charge in [0.25, 0.3) is 0 Å². The van der Waals surface area contributed by atoms with Crippen LogP contribution in [-0.2, 0) is 29.6 Å². The second-order valence-corrected chi connectivity index (χ2v) is 7.67. The number of primary sulfonamides is 1. The molecule has 3 N–H and O–H groups in total. The van der Waals surface area contributed by atoms with Gasteiger partial charge >= 0.3 is 5.97 Å². The molecule has 0 fully saturated rings. The second kappa shape index (κ2) is 6.41. The van der Waals surface area contributed by atoms with Crippen LogP contribution in [0.3, 0.4) is 0 Å². The average molecular weight is 336 g/mol. The van der Waals surface area contributed by atoms with E-state index in [4.69, 9.17) is 5.14 Å². The van der Waals surface area contributed by atoms with E-state index in [-0.39, 0.29) is 17.0 Å². The second-order valence-electron chi connectivity index (χ2n) is 4.27. The van der Waals surface area contributed by atoms with Gasteiger partial charge in [0.05, 0.1) is 29.9 Å². The summed E-state index contributed by atoms with van der Waals surface area (Å²) in [7, 11) is -6.59. The molecule has 0 heterocycles. The van der Waals surface area contributed by atoms with E-state index in [1.807, 2.05) is 0 Å². The van der Waals surface area contributed by atoms with Crippen LogP contribution in [-0.4, -0.2) is 35.7 Å². The van der Waals surface area contributed by atoms with Crippen molar-refractivity contribution in [3.05, 3.63) is 23.8 Å². The minimum Gasteiger partial charge on any atom is -0.469 e. The molecule has 0 bridgehead atoms. The topological polar surface area (TPSA) is 133 Å². The van der Waals surface area contributed by atoms with Crippen LogP contribution in [0.15, 0.2) is 23.1 Å². The first-order chi connectivity index (χ1) is 9.55. The molecule has 1 rings (SSSR count). The van der Waals surface area contributed by atoms with E-state index < -0.39 is 31.8 Å². The molecule has 8 nitrogen and oxygen atoms in total. The Bertz CT molecular complexity index is 740. The average Bonchev–Trinajstić information content (AvgIpc) is 2.37. The van der Waals surface area contributed by atoms with Gasteiger partial charge < -0.3 is 4.74 Å². The Morgan fingerprint density at radius 2 is 1.90 bits per heavy atom. The van der Waals surface area contributed by atoms with Crippen LogP contribution in [0.2, 0.25) is 0 Å². The summed E-state index contributed by atoms with van der Waals surface area (Å²) in [6.45, 7) is 1.60. The van der Waals surface area contributed by atoms with Crippen molar-refractivity contribution in [1.82, 2.24) is 0 Å². The normalized spacial score (nSPS) is 12.0. The van der Waals surface area contributed by atoms with Crippen molar-refractivity contribution in [2.24, 2.45) is 5.14 Å². The summed E-state index contributed by atoms with van der Waals surface area (Å²) < 4.78 is 52.8. The van der Waals surface area contributed by atoms with Gasteiger partial charge in [-0.1, -0.05) is 6.07 Å². The fraction of sp³-hybridized carbons (Fsp3) is 0.364. The standard InChI is InChI=1S/C11H16N2O6S2/c1-8-3-4-9(21(12,17)18)7-10(8)13-20(15,16)6-5-11(14)19-2/h3-4,7,13H,5-6H2,1-2H3,(H2,12,17,18). The number of rotatable bonds is 6. The minimum absolute atomic E-state index is 0.0893. The fourth-order valence-corrected chi connectivity index (χ4v) is 3.06. The number of sulfonamides is 2. The van der Waals surface area contributed by atoms with Crippen molar-refractivity contribution >= 4 is 31.7 Å². The van der Waals surface area contributed by atoms with Crippen LogP contribution in [0.25, 0.3) is 0 Å². The van der Waals surface area contributed by atoms with Crippen molar-refractivity contribution in [2.75, 3.05) is 17.6 Å².